The number of nitrogens with one attached hydrogen (secondary N) is 1. The van der Waals surface area contributed by atoms with Crippen molar-refractivity contribution in [1.29, 1.82) is 0 Å². The zero-order valence-electron chi connectivity index (χ0n) is 9.39. The molecule has 1 aliphatic carbocycles. The summed E-state index contributed by atoms with van der Waals surface area (Å²) in [6.07, 6.45) is 1.14. The van der Waals surface area contributed by atoms with Crippen LogP contribution in [0.25, 0.3) is 0 Å². The lowest BCUT2D eigenvalue weighted by Gasteiger charge is -2.12. The molecule has 0 amide bonds. The summed E-state index contributed by atoms with van der Waals surface area (Å²) in [6.45, 7) is 6.16. The molecule has 1 aromatic carbocycles. The standard InChI is InChI=1S/C12H17FN2/c1-7-4-10(9(14)5-8(7)13)15-11-6-12(11,2)3/h4-5,11,15H,6,14H2,1-3H3. The Hall–Kier alpha value is -1.25. The third-order valence-electron chi connectivity index (χ3n) is 3.17. The molecule has 0 aromatic heterocycles. The first-order chi connectivity index (χ1) is 6.90. The van der Waals surface area contributed by atoms with Crippen molar-refractivity contribution in [3.05, 3.63) is 23.5 Å². The van der Waals surface area contributed by atoms with E-state index >= 15 is 0 Å². The zero-order chi connectivity index (χ0) is 11.2. The molecule has 82 valence electrons. The number of hydrogen-bond acceptors (Lipinski definition) is 2. The molecule has 0 saturated heterocycles. The quantitative estimate of drug-likeness (QED) is 0.733. The lowest BCUT2D eigenvalue weighted by Crippen LogP contribution is -2.10. The van der Waals surface area contributed by atoms with Crippen molar-refractivity contribution in [2.45, 2.75) is 33.2 Å². The maximum atomic E-state index is 13.2. The van der Waals surface area contributed by atoms with Gasteiger partial charge in [0.2, 0.25) is 0 Å². The van der Waals surface area contributed by atoms with Gasteiger partial charge in [0.05, 0.1) is 11.4 Å². The Bertz CT molecular complexity index is 399. The topological polar surface area (TPSA) is 38.0 Å². The highest BCUT2D eigenvalue weighted by Gasteiger charge is 2.45. The van der Waals surface area contributed by atoms with Crippen molar-refractivity contribution < 1.29 is 4.39 Å². The molecule has 1 unspecified atom stereocenters. The fourth-order valence-electron chi connectivity index (χ4n) is 1.72. The summed E-state index contributed by atoms with van der Waals surface area (Å²) in [4.78, 5) is 0. The van der Waals surface area contributed by atoms with Crippen LogP contribution in [-0.4, -0.2) is 6.04 Å². The van der Waals surface area contributed by atoms with Gasteiger partial charge in [-0.15, -0.1) is 0 Å². The third kappa shape index (κ3) is 1.91. The molecule has 1 fully saturated rings. The summed E-state index contributed by atoms with van der Waals surface area (Å²) in [7, 11) is 0. The Morgan fingerprint density at radius 3 is 2.60 bits per heavy atom. The summed E-state index contributed by atoms with van der Waals surface area (Å²) in [5.74, 6) is -0.242. The van der Waals surface area contributed by atoms with E-state index in [9.17, 15) is 4.39 Å². The normalized spacial score (nSPS) is 22.5. The second-order valence-electron chi connectivity index (χ2n) is 5.08. The van der Waals surface area contributed by atoms with E-state index in [4.69, 9.17) is 5.73 Å². The van der Waals surface area contributed by atoms with Crippen LogP contribution in [0, 0.1) is 18.2 Å². The van der Waals surface area contributed by atoms with E-state index in [1.54, 1.807) is 13.0 Å². The molecular weight excluding hydrogens is 191 g/mol. The molecule has 3 N–H and O–H groups in total. The Kier molecular flexibility index (Phi) is 2.14. The maximum absolute atomic E-state index is 13.2. The number of halogens is 1. The fourth-order valence-corrected chi connectivity index (χ4v) is 1.72. The minimum atomic E-state index is -0.242. The molecule has 0 bridgehead atoms. The smallest absolute Gasteiger partial charge is 0.128 e. The maximum Gasteiger partial charge on any atom is 0.128 e. The predicted octanol–water partition coefficient (Wildman–Crippen LogP) is 2.93. The number of hydrogen-bond donors (Lipinski definition) is 2. The van der Waals surface area contributed by atoms with Gasteiger partial charge in [0.25, 0.3) is 0 Å². The molecular formula is C12H17FN2. The Labute approximate surface area is 89.7 Å². The van der Waals surface area contributed by atoms with Gasteiger partial charge in [-0.05, 0) is 36.5 Å². The highest BCUT2D eigenvalue weighted by Crippen LogP contribution is 2.47. The number of nitrogens with two attached hydrogens (primary N) is 1. The van der Waals surface area contributed by atoms with Gasteiger partial charge in [-0.1, -0.05) is 13.8 Å². The monoisotopic (exact) mass is 208 g/mol. The van der Waals surface area contributed by atoms with Gasteiger partial charge in [-0.2, -0.15) is 0 Å². The van der Waals surface area contributed by atoms with E-state index in [-0.39, 0.29) is 5.82 Å². The van der Waals surface area contributed by atoms with E-state index in [0.29, 0.717) is 22.7 Å². The Balaban J connectivity index is 2.19. The number of aryl methyl sites for hydroxylation is 1. The minimum absolute atomic E-state index is 0.242. The molecule has 0 radical (unpaired) electrons. The van der Waals surface area contributed by atoms with Gasteiger partial charge in [0, 0.05) is 6.04 Å². The summed E-state index contributed by atoms with van der Waals surface area (Å²) in [5, 5.41) is 3.35. The Morgan fingerprint density at radius 2 is 2.07 bits per heavy atom. The van der Waals surface area contributed by atoms with Crippen LogP contribution in [0.5, 0.6) is 0 Å². The van der Waals surface area contributed by atoms with Gasteiger partial charge in [0.15, 0.2) is 0 Å². The van der Waals surface area contributed by atoms with E-state index < -0.39 is 0 Å². The minimum Gasteiger partial charge on any atom is -0.397 e. The zero-order valence-corrected chi connectivity index (χ0v) is 9.39. The first-order valence-corrected chi connectivity index (χ1v) is 5.22. The molecule has 2 nitrogen and oxygen atoms in total. The number of rotatable bonds is 2. The van der Waals surface area contributed by atoms with E-state index in [0.717, 1.165) is 12.1 Å². The first-order valence-electron chi connectivity index (χ1n) is 5.22. The van der Waals surface area contributed by atoms with Gasteiger partial charge >= 0.3 is 0 Å². The van der Waals surface area contributed by atoms with Crippen LogP contribution in [0.1, 0.15) is 25.8 Å². The van der Waals surface area contributed by atoms with Crippen LogP contribution < -0.4 is 11.1 Å². The number of anilines is 2. The largest absolute Gasteiger partial charge is 0.397 e. The molecule has 1 aliphatic rings. The molecule has 1 atom stereocenters. The van der Waals surface area contributed by atoms with Crippen LogP contribution in [0.15, 0.2) is 12.1 Å². The van der Waals surface area contributed by atoms with Crippen molar-refractivity contribution in [1.82, 2.24) is 0 Å². The van der Waals surface area contributed by atoms with Crippen LogP contribution in [-0.2, 0) is 0 Å². The second-order valence-corrected chi connectivity index (χ2v) is 5.08. The molecule has 0 heterocycles. The number of nitrogen functional groups attached to an aromatic ring is 1. The van der Waals surface area contributed by atoms with Crippen molar-refractivity contribution in [2.75, 3.05) is 11.1 Å². The lowest BCUT2D eigenvalue weighted by atomic mass is 10.1. The highest BCUT2D eigenvalue weighted by molar-refractivity contribution is 5.68. The molecule has 3 heteroatoms. The molecule has 0 spiro atoms. The molecule has 15 heavy (non-hydrogen) atoms. The fraction of sp³-hybridized carbons (Fsp3) is 0.500. The molecule has 1 aromatic rings. The van der Waals surface area contributed by atoms with Crippen LogP contribution in [0.2, 0.25) is 0 Å². The van der Waals surface area contributed by atoms with Crippen molar-refractivity contribution in [2.24, 2.45) is 5.41 Å². The van der Waals surface area contributed by atoms with Crippen LogP contribution in [0.3, 0.4) is 0 Å². The number of benzene rings is 1. The predicted molar refractivity (Wildman–Crippen MR) is 61.4 cm³/mol. The van der Waals surface area contributed by atoms with Crippen molar-refractivity contribution in [3.8, 4) is 0 Å². The first kappa shape index (κ1) is 10.3. The van der Waals surface area contributed by atoms with Crippen LogP contribution in [0.4, 0.5) is 15.8 Å². The average Bonchev–Trinajstić information content (AvgIpc) is 2.70. The average molecular weight is 208 g/mol. The lowest BCUT2D eigenvalue weighted by molar-refractivity contribution is 0.618. The van der Waals surface area contributed by atoms with Gasteiger partial charge < -0.3 is 11.1 Å². The Morgan fingerprint density at radius 1 is 1.47 bits per heavy atom. The SMILES string of the molecule is Cc1cc(NC2CC2(C)C)c(N)cc1F. The summed E-state index contributed by atoms with van der Waals surface area (Å²) in [6, 6.07) is 3.62. The van der Waals surface area contributed by atoms with Crippen LogP contribution >= 0.6 is 0 Å². The molecule has 1 saturated carbocycles. The van der Waals surface area contributed by atoms with Gasteiger partial charge in [-0.3, -0.25) is 0 Å². The second kappa shape index (κ2) is 3.12. The van der Waals surface area contributed by atoms with E-state index in [1.807, 2.05) is 0 Å². The summed E-state index contributed by atoms with van der Waals surface area (Å²) in [5.41, 5.74) is 8.06. The molecule has 2 rings (SSSR count). The van der Waals surface area contributed by atoms with E-state index in [1.165, 1.54) is 6.07 Å². The molecule has 0 aliphatic heterocycles. The van der Waals surface area contributed by atoms with E-state index in [2.05, 4.69) is 19.2 Å². The summed E-state index contributed by atoms with van der Waals surface area (Å²) >= 11 is 0. The van der Waals surface area contributed by atoms with Crippen molar-refractivity contribution >= 4 is 11.4 Å². The summed E-state index contributed by atoms with van der Waals surface area (Å²) < 4.78 is 13.2. The van der Waals surface area contributed by atoms with Gasteiger partial charge in [0.1, 0.15) is 5.82 Å². The van der Waals surface area contributed by atoms with Crippen molar-refractivity contribution in [3.63, 3.8) is 0 Å². The third-order valence-corrected chi connectivity index (χ3v) is 3.17. The van der Waals surface area contributed by atoms with Gasteiger partial charge in [-0.25, -0.2) is 4.39 Å². The highest BCUT2D eigenvalue weighted by atomic mass is 19.1.